The fourth-order valence-corrected chi connectivity index (χ4v) is 4.52. The Labute approximate surface area is 161 Å². The van der Waals surface area contributed by atoms with E-state index in [1.165, 1.54) is 12.0 Å². The second-order valence-electron chi connectivity index (χ2n) is 5.73. The van der Waals surface area contributed by atoms with Gasteiger partial charge in [-0.3, -0.25) is 0 Å². The van der Waals surface area contributed by atoms with E-state index in [1.807, 2.05) is 12.1 Å². The third kappa shape index (κ3) is 3.76. The highest BCUT2D eigenvalue weighted by Crippen LogP contribution is 2.39. The Morgan fingerprint density at radius 2 is 1.77 bits per heavy atom. The van der Waals surface area contributed by atoms with Gasteiger partial charge in [-0.25, -0.2) is 4.79 Å². The molecule has 1 heterocycles. The third-order valence-electron chi connectivity index (χ3n) is 4.15. The number of esters is 1. The van der Waals surface area contributed by atoms with Crippen LogP contribution in [0, 0.1) is 0 Å². The summed E-state index contributed by atoms with van der Waals surface area (Å²) in [5.41, 5.74) is 2.40. The molecule has 0 radical (unpaired) electrons. The summed E-state index contributed by atoms with van der Waals surface area (Å²) in [7, 11) is 4.57. The van der Waals surface area contributed by atoms with E-state index in [-0.39, 0.29) is 5.97 Å². The minimum atomic E-state index is -0.335. The number of methoxy groups -OCH3 is 3. The van der Waals surface area contributed by atoms with Gasteiger partial charge >= 0.3 is 5.97 Å². The van der Waals surface area contributed by atoms with Crippen molar-refractivity contribution in [3.8, 4) is 11.5 Å². The van der Waals surface area contributed by atoms with Gasteiger partial charge in [0.25, 0.3) is 0 Å². The highest BCUT2D eigenvalue weighted by Gasteiger charge is 2.27. The van der Waals surface area contributed by atoms with E-state index >= 15 is 0 Å². The van der Waals surface area contributed by atoms with Crippen molar-refractivity contribution in [2.75, 3.05) is 32.0 Å². The van der Waals surface area contributed by atoms with Crippen molar-refractivity contribution >= 4 is 45.3 Å². The molecular weight excluding hydrogens is 372 g/mol. The molecule has 0 aliphatic heterocycles. The Morgan fingerprint density at radius 3 is 2.38 bits per heavy atom. The van der Waals surface area contributed by atoms with Crippen LogP contribution in [-0.4, -0.2) is 32.4 Å². The van der Waals surface area contributed by atoms with Crippen LogP contribution in [0.3, 0.4) is 0 Å². The molecule has 138 valence electrons. The number of hydrogen-bond donors (Lipinski definition) is 2. The van der Waals surface area contributed by atoms with Crippen LogP contribution < -0.4 is 20.1 Å². The predicted molar refractivity (Wildman–Crippen MR) is 107 cm³/mol. The molecule has 0 fully saturated rings. The van der Waals surface area contributed by atoms with Crippen LogP contribution in [0.1, 0.15) is 27.2 Å². The van der Waals surface area contributed by atoms with Gasteiger partial charge in [-0.05, 0) is 37.0 Å². The van der Waals surface area contributed by atoms with E-state index < -0.39 is 0 Å². The summed E-state index contributed by atoms with van der Waals surface area (Å²) in [6.45, 7) is 0. The monoisotopic (exact) mass is 392 g/mol. The van der Waals surface area contributed by atoms with Gasteiger partial charge < -0.3 is 24.8 Å². The molecule has 6 nitrogen and oxygen atoms in total. The Kier molecular flexibility index (Phi) is 5.63. The lowest BCUT2D eigenvalue weighted by atomic mass is 10.1. The van der Waals surface area contributed by atoms with Crippen LogP contribution in [0.4, 0.5) is 10.7 Å². The van der Waals surface area contributed by atoms with Crippen LogP contribution in [0.25, 0.3) is 0 Å². The van der Waals surface area contributed by atoms with Crippen molar-refractivity contribution in [3.63, 3.8) is 0 Å². The molecule has 0 saturated carbocycles. The SMILES string of the molecule is COC(=O)c1c(NC(=S)Nc2cc(OC)cc(OC)c2)sc2c1CCC2. The number of aryl methyl sites for hydroxylation is 1. The summed E-state index contributed by atoms with van der Waals surface area (Å²) in [5.74, 6) is 0.970. The molecule has 0 saturated heterocycles. The van der Waals surface area contributed by atoms with E-state index in [1.54, 1.807) is 31.6 Å². The van der Waals surface area contributed by atoms with Gasteiger partial charge in [-0.2, -0.15) is 0 Å². The van der Waals surface area contributed by atoms with Crippen LogP contribution in [0.2, 0.25) is 0 Å². The molecule has 0 unspecified atom stereocenters. The number of thiocarbonyl (C=S) groups is 1. The number of carbonyl (C=O) groups is 1. The van der Waals surface area contributed by atoms with Gasteiger partial charge in [0, 0.05) is 28.8 Å². The lowest BCUT2D eigenvalue weighted by molar-refractivity contribution is 0.0601. The van der Waals surface area contributed by atoms with Gasteiger partial charge in [0.05, 0.1) is 26.9 Å². The maximum absolute atomic E-state index is 12.2. The average molecular weight is 393 g/mol. The van der Waals surface area contributed by atoms with Gasteiger partial charge in [-0.15, -0.1) is 11.3 Å². The summed E-state index contributed by atoms with van der Waals surface area (Å²) in [4.78, 5) is 13.4. The number of anilines is 2. The molecule has 0 spiro atoms. The van der Waals surface area contributed by atoms with Crippen molar-refractivity contribution in [2.45, 2.75) is 19.3 Å². The molecule has 2 aromatic rings. The Hall–Kier alpha value is -2.32. The molecular formula is C18H20N2O4S2. The predicted octanol–water partition coefficient (Wildman–Crippen LogP) is 3.85. The van der Waals surface area contributed by atoms with E-state index in [0.29, 0.717) is 27.2 Å². The maximum Gasteiger partial charge on any atom is 0.341 e. The minimum Gasteiger partial charge on any atom is -0.497 e. The van der Waals surface area contributed by atoms with Crippen LogP contribution in [0.5, 0.6) is 11.5 Å². The van der Waals surface area contributed by atoms with Crippen molar-refractivity contribution < 1.29 is 19.0 Å². The van der Waals surface area contributed by atoms with E-state index in [0.717, 1.165) is 30.5 Å². The molecule has 1 aromatic heterocycles. The van der Waals surface area contributed by atoms with E-state index in [4.69, 9.17) is 26.4 Å². The molecule has 1 aromatic carbocycles. The van der Waals surface area contributed by atoms with E-state index in [2.05, 4.69) is 10.6 Å². The lowest BCUT2D eigenvalue weighted by Crippen LogP contribution is -2.20. The largest absolute Gasteiger partial charge is 0.497 e. The highest BCUT2D eigenvalue weighted by molar-refractivity contribution is 7.80. The molecule has 3 rings (SSSR count). The van der Waals surface area contributed by atoms with Gasteiger partial charge in [0.2, 0.25) is 0 Å². The Morgan fingerprint density at radius 1 is 1.08 bits per heavy atom. The fraction of sp³-hybridized carbons (Fsp3) is 0.333. The van der Waals surface area contributed by atoms with Crippen LogP contribution >= 0.6 is 23.6 Å². The molecule has 2 N–H and O–H groups in total. The Balaban J connectivity index is 1.80. The molecule has 1 aliphatic rings. The van der Waals surface area contributed by atoms with Crippen LogP contribution in [0.15, 0.2) is 18.2 Å². The summed E-state index contributed by atoms with van der Waals surface area (Å²) in [6.07, 6.45) is 2.95. The third-order valence-corrected chi connectivity index (χ3v) is 5.56. The number of ether oxygens (including phenoxy) is 3. The number of carbonyl (C=O) groups excluding carboxylic acids is 1. The normalized spacial score (nSPS) is 12.3. The zero-order valence-electron chi connectivity index (χ0n) is 14.8. The molecule has 0 atom stereocenters. The van der Waals surface area contributed by atoms with Crippen molar-refractivity contribution in [3.05, 3.63) is 34.2 Å². The first-order chi connectivity index (χ1) is 12.5. The smallest absolute Gasteiger partial charge is 0.341 e. The second-order valence-corrected chi connectivity index (χ2v) is 7.25. The Bertz CT molecular complexity index is 826. The number of benzene rings is 1. The zero-order chi connectivity index (χ0) is 18.7. The molecule has 0 amide bonds. The number of rotatable bonds is 5. The number of thiophene rings is 1. The number of hydrogen-bond acceptors (Lipinski definition) is 6. The lowest BCUT2D eigenvalue weighted by Gasteiger charge is -2.13. The number of fused-ring (bicyclic) bond motifs is 1. The van der Waals surface area contributed by atoms with Crippen molar-refractivity contribution in [1.82, 2.24) is 0 Å². The van der Waals surface area contributed by atoms with E-state index in [9.17, 15) is 4.79 Å². The topological polar surface area (TPSA) is 68.8 Å². The molecule has 26 heavy (non-hydrogen) atoms. The fourth-order valence-electron chi connectivity index (χ4n) is 2.96. The van der Waals surface area contributed by atoms with Gasteiger partial charge in [0.15, 0.2) is 5.11 Å². The van der Waals surface area contributed by atoms with Crippen molar-refractivity contribution in [2.24, 2.45) is 0 Å². The zero-order valence-corrected chi connectivity index (χ0v) is 16.4. The molecule has 0 bridgehead atoms. The average Bonchev–Trinajstić information content (AvgIpc) is 3.21. The summed E-state index contributed by atoms with van der Waals surface area (Å²) in [6, 6.07) is 5.40. The highest BCUT2D eigenvalue weighted by atomic mass is 32.1. The molecule has 1 aliphatic carbocycles. The summed E-state index contributed by atoms with van der Waals surface area (Å²) in [5, 5.41) is 7.34. The second kappa shape index (κ2) is 7.92. The first-order valence-corrected chi connectivity index (χ1v) is 9.32. The summed E-state index contributed by atoms with van der Waals surface area (Å²) >= 11 is 6.97. The van der Waals surface area contributed by atoms with Crippen LogP contribution in [-0.2, 0) is 17.6 Å². The van der Waals surface area contributed by atoms with Gasteiger partial charge in [0.1, 0.15) is 16.5 Å². The maximum atomic E-state index is 12.2. The minimum absolute atomic E-state index is 0.335. The van der Waals surface area contributed by atoms with Crippen molar-refractivity contribution in [1.29, 1.82) is 0 Å². The van der Waals surface area contributed by atoms with Gasteiger partial charge in [-0.1, -0.05) is 0 Å². The molecule has 8 heteroatoms. The first kappa shape index (κ1) is 18.5. The first-order valence-electron chi connectivity index (χ1n) is 8.09. The number of nitrogens with one attached hydrogen (secondary N) is 2. The summed E-state index contributed by atoms with van der Waals surface area (Å²) < 4.78 is 15.5. The quantitative estimate of drug-likeness (QED) is 0.592. The standard InChI is InChI=1S/C18H20N2O4S2/c1-22-11-7-10(8-12(9-11)23-2)19-18(25)20-16-15(17(21)24-3)13-5-4-6-14(13)26-16/h7-9H,4-6H2,1-3H3,(H2,19,20,25).